The molecule has 1 aromatic carbocycles. The second-order valence-corrected chi connectivity index (χ2v) is 6.14. The number of halogens is 2. The van der Waals surface area contributed by atoms with E-state index in [-0.39, 0.29) is 11.9 Å². The number of nitrogens with one attached hydrogen (secondary N) is 1. The standard InChI is InChI=1S/C16H19ClFNS/c1-3-6-19-16(14-10-20-9-11(14)2)7-12-4-5-13(17)8-15(12)18/h4-5,8-10,16,19H,3,6-7H2,1-2H3. The van der Waals surface area contributed by atoms with Crippen LogP contribution in [0.25, 0.3) is 0 Å². The van der Waals surface area contributed by atoms with Crippen molar-refractivity contribution in [1.82, 2.24) is 5.32 Å². The topological polar surface area (TPSA) is 12.0 Å². The van der Waals surface area contributed by atoms with Crippen LogP contribution in [0.3, 0.4) is 0 Å². The summed E-state index contributed by atoms with van der Waals surface area (Å²) in [6.45, 7) is 5.16. The Balaban J connectivity index is 2.21. The van der Waals surface area contributed by atoms with Gasteiger partial charge in [-0.1, -0.05) is 24.6 Å². The van der Waals surface area contributed by atoms with Crippen molar-refractivity contribution in [2.75, 3.05) is 6.54 Å². The molecule has 0 amide bonds. The van der Waals surface area contributed by atoms with Gasteiger partial charge >= 0.3 is 0 Å². The summed E-state index contributed by atoms with van der Waals surface area (Å²) >= 11 is 7.50. The summed E-state index contributed by atoms with van der Waals surface area (Å²) in [5, 5.41) is 8.23. The van der Waals surface area contributed by atoms with E-state index in [1.165, 1.54) is 17.2 Å². The van der Waals surface area contributed by atoms with Crippen molar-refractivity contribution in [2.24, 2.45) is 0 Å². The van der Waals surface area contributed by atoms with Crippen LogP contribution in [0.15, 0.2) is 29.0 Å². The Morgan fingerprint density at radius 2 is 2.15 bits per heavy atom. The molecule has 1 N–H and O–H groups in total. The lowest BCUT2D eigenvalue weighted by molar-refractivity contribution is 0.512. The lowest BCUT2D eigenvalue weighted by atomic mass is 9.98. The van der Waals surface area contributed by atoms with Gasteiger partial charge in [-0.25, -0.2) is 4.39 Å². The predicted molar refractivity (Wildman–Crippen MR) is 85.2 cm³/mol. The van der Waals surface area contributed by atoms with Gasteiger partial charge in [-0.2, -0.15) is 11.3 Å². The molecule has 4 heteroatoms. The van der Waals surface area contributed by atoms with Crippen LogP contribution >= 0.6 is 22.9 Å². The van der Waals surface area contributed by atoms with Crippen LogP contribution in [0.4, 0.5) is 4.39 Å². The Bertz CT molecular complexity index is 567. The van der Waals surface area contributed by atoms with Gasteiger partial charge in [-0.15, -0.1) is 0 Å². The molecule has 1 nitrogen and oxygen atoms in total. The molecule has 1 aromatic heterocycles. The Labute approximate surface area is 128 Å². The number of aryl methyl sites for hydroxylation is 1. The maximum Gasteiger partial charge on any atom is 0.127 e. The van der Waals surface area contributed by atoms with Gasteiger partial charge in [0.25, 0.3) is 0 Å². The molecular weight excluding hydrogens is 293 g/mol. The summed E-state index contributed by atoms with van der Waals surface area (Å²) in [6, 6.07) is 5.06. The second-order valence-electron chi connectivity index (χ2n) is 4.96. The summed E-state index contributed by atoms with van der Waals surface area (Å²) < 4.78 is 14.0. The van der Waals surface area contributed by atoms with Crippen LogP contribution < -0.4 is 5.32 Å². The molecule has 2 aromatic rings. The van der Waals surface area contributed by atoms with Gasteiger partial charge in [-0.3, -0.25) is 0 Å². The molecule has 0 radical (unpaired) electrons. The third kappa shape index (κ3) is 3.81. The van der Waals surface area contributed by atoms with Crippen LogP contribution in [-0.4, -0.2) is 6.54 Å². The van der Waals surface area contributed by atoms with Crippen molar-refractivity contribution < 1.29 is 4.39 Å². The first-order valence-corrected chi connectivity index (χ1v) is 8.14. The van der Waals surface area contributed by atoms with Crippen LogP contribution in [-0.2, 0) is 6.42 Å². The molecule has 108 valence electrons. The first-order valence-electron chi connectivity index (χ1n) is 6.81. The van der Waals surface area contributed by atoms with Crippen molar-refractivity contribution in [3.63, 3.8) is 0 Å². The van der Waals surface area contributed by atoms with E-state index >= 15 is 0 Å². The second kappa shape index (κ2) is 7.21. The van der Waals surface area contributed by atoms with Gasteiger partial charge in [-0.05, 0) is 65.9 Å². The molecule has 1 unspecified atom stereocenters. The summed E-state index contributed by atoms with van der Waals surface area (Å²) in [5.41, 5.74) is 3.23. The van der Waals surface area contributed by atoms with E-state index in [1.807, 2.05) is 0 Å². The van der Waals surface area contributed by atoms with Crippen LogP contribution in [0.2, 0.25) is 5.02 Å². The van der Waals surface area contributed by atoms with E-state index in [0.717, 1.165) is 13.0 Å². The largest absolute Gasteiger partial charge is 0.310 e. The summed E-state index contributed by atoms with van der Waals surface area (Å²) in [5.74, 6) is -0.228. The smallest absolute Gasteiger partial charge is 0.127 e. The van der Waals surface area contributed by atoms with Gasteiger partial charge in [0.05, 0.1) is 0 Å². The Morgan fingerprint density at radius 3 is 2.75 bits per heavy atom. The van der Waals surface area contributed by atoms with Crippen LogP contribution in [0, 0.1) is 12.7 Å². The fraction of sp³-hybridized carbons (Fsp3) is 0.375. The summed E-state index contributed by atoms with van der Waals surface area (Å²) in [6.07, 6.45) is 1.70. The molecule has 0 aliphatic carbocycles. The zero-order chi connectivity index (χ0) is 14.5. The van der Waals surface area contributed by atoms with Gasteiger partial charge in [0, 0.05) is 11.1 Å². The molecule has 0 saturated heterocycles. The average molecular weight is 312 g/mol. The molecule has 0 saturated carbocycles. The number of thiophene rings is 1. The minimum atomic E-state index is -0.228. The van der Waals surface area contributed by atoms with Gasteiger partial charge in [0.1, 0.15) is 5.82 Å². The van der Waals surface area contributed by atoms with Crippen molar-refractivity contribution >= 4 is 22.9 Å². The summed E-state index contributed by atoms with van der Waals surface area (Å²) in [4.78, 5) is 0. The molecule has 0 bridgehead atoms. The lowest BCUT2D eigenvalue weighted by Crippen LogP contribution is -2.24. The molecule has 0 aliphatic rings. The molecule has 0 spiro atoms. The molecule has 0 aliphatic heterocycles. The zero-order valence-electron chi connectivity index (χ0n) is 11.7. The Hall–Kier alpha value is -0.900. The van der Waals surface area contributed by atoms with Crippen molar-refractivity contribution in [2.45, 2.75) is 32.7 Å². The Morgan fingerprint density at radius 1 is 1.35 bits per heavy atom. The monoisotopic (exact) mass is 311 g/mol. The highest BCUT2D eigenvalue weighted by Crippen LogP contribution is 2.26. The maximum absolute atomic E-state index is 14.0. The quantitative estimate of drug-likeness (QED) is 0.779. The van der Waals surface area contributed by atoms with Gasteiger partial charge in [0.15, 0.2) is 0 Å². The number of rotatable bonds is 6. The van der Waals surface area contributed by atoms with E-state index in [1.54, 1.807) is 23.5 Å². The van der Waals surface area contributed by atoms with Crippen LogP contribution in [0.1, 0.15) is 36.1 Å². The van der Waals surface area contributed by atoms with E-state index < -0.39 is 0 Å². The van der Waals surface area contributed by atoms with Crippen molar-refractivity contribution in [3.05, 3.63) is 56.5 Å². The van der Waals surface area contributed by atoms with E-state index in [4.69, 9.17) is 11.6 Å². The van der Waals surface area contributed by atoms with Crippen LogP contribution in [0.5, 0.6) is 0 Å². The predicted octanol–water partition coefficient (Wildman–Crippen LogP) is 5.13. The number of hydrogen-bond donors (Lipinski definition) is 1. The third-order valence-corrected chi connectivity index (χ3v) is 4.47. The number of hydrogen-bond acceptors (Lipinski definition) is 2. The summed E-state index contributed by atoms with van der Waals surface area (Å²) in [7, 11) is 0. The lowest BCUT2D eigenvalue weighted by Gasteiger charge is -2.19. The third-order valence-electron chi connectivity index (χ3n) is 3.35. The SMILES string of the molecule is CCCNC(Cc1ccc(Cl)cc1F)c1cscc1C. The average Bonchev–Trinajstić information content (AvgIpc) is 2.83. The molecule has 1 atom stereocenters. The molecular formula is C16H19ClFNS. The first kappa shape index (κ1) is 15.5. The van der Waals surface area contributed by atoms with Crippen molar-refractivity contribution in [3.8, 4) is 0 Å². The molecule has 1 heterocycles. The normalized spacial score (nSPS) is 12.6. The fourth-order valence-corrected chi connectivity index (χ4v) is 3.31. The maximum atomic E-state index is 14.0. The highest BCUT2D eigenvalue weighted by atomic mass is 35.5. The first-order chi connectivity index (χ1) is 9.61. The Kier molecular flexibility index (Phi) is 5.58. The molecule has 20 heavy (non-hydrogen) atoms. The molecule has 0 fully saturated rings. The molecule has 2 rings (SSSR count). The number of benzene rings is 1. The van der Waals surface area contributed by atoms with E-state index in [9.17, 15) is 4.39 Å². The van der Waals surface area contributed by atoms with Gasteiger partial charge < -0.3 is 5.32 Å². The van der Waals surface area contributed by atoms with Gasteiger partial charge in [0.2, 0.25) is 0 Å². The highest BCUT2D eigenvalue weighted by molar-refractivity contribution is 7.08. The van der Waals surface area contributed by atoms with E-state index in [0.29, 0.717) is 17.0 Å². The van der Waals surface area contributed by atoms with Crippen molar-refractivity contribution in [1.29, 1.82) is 0 Å². The fourth-order valence-electron chi connectivity index (χ4n) is 2.25. The minimum absolute atomic E-state index is 0.150. The highest BCUT2D eigenvalue weighted by Gasteiger charge is 2.16. The minimum Gasteiger partial charge on any atom is -0.310 e. The zero-order valence-corrected chi connectivity index (χ0v) is 13.3. The van der Waals surface area contributed by atoms with E-state index in [2.05, 4.69) is 29.9 Å².